The lowest BCUT2D eigenvalue weighted by atomic mass is 9.81. The fourth-order valence-electron chi connectivity index (χ4n) is 3.83. The molecule has 0 aliphatic heterocycles. The van der Waals surface area contributed by atoms with E-state index < -0.39 is 29.4 Å². The van der Waals surface area contributed by atoms with Crippen LogP contribution in [0.25, 0.3) is 0 Å². The summed E-state index contributed by atoms with van der Waals surface area (Å²) >= 11 is 0. The number of carbonyl (C=O) groups is 2. The molecular formula is C28H47NO5. The number of benzene rings is 1. The lowest BCUT2D eigenvalue weighted by Crippen LogP contribution is -2.39. The van der Waals surface area contributed by atoms with Crippen LogP contribution in [-0.2, 0) is 21.4 Å². The number of Topliss-reactive ketones (excluding diaryl/α,β-unsaturated/α-hetero) is 1. The van der Waals surface area contributed by atoms with Crippen molar-refractivity contribution in [3.8, 4) is 5.75 Å². The Morgan fingerprint density at radius 2 is 1.62 bits per heavy atom. The molecule has 4 N–H and O–H groups in total. The molecule has 34 heavy (non-hydrogen) atoms. The maximum atomic E-state index is 12.5. The molecule has 4 unspecified atom stereocenters. The Kier molecular flexibility index (Phi) is 10.8. The van der Waals surface area contributed by atoms with Crippen molar-refractivity contribution in [1.82, 2.24) is 0 Å². The molecule has 0 aliphatic rings. The van der Waals surface area contributed by atoms with Crippen LogP contribution >= 0.6 is 0 Å². The van der Waals surface area contributed by atoms with E-state index in [4.69, 9.17) is 15.6 Å². The highest BCUT2D eigenvalue weighted by molar-refractivity contribution is 5.85. The topological polar surface area (TPSA) is 110 Å². The van der Waals surface area contributed by atoms with Crippen molar-refractivity contribution in [2.45, 2.75) is 99.1 Å². The second-order valence-corrected chi connectivity index (χ2v) is 12.2. The number of hydrogen-bond donors (Lipinski definition) is 3. The fourth-order valence-corrected chi connectivity index (χ4v) is 3.83. The van der Waals surface area contributed by atoms with Gasteiger partial charge in [0.15, 0.2) is 5.78 Å². The van der Waals surface area contributed by atoms with Crippen molar-refractivity contribution in [3.63, 3.8) is 0 Å². The second kappa shape index (κ2) is 12.2. The van der Waals surface area contributed by atoms with Gasteiger partial charge in [-0.2, -0.15) is 0 Å². The van der Waals surface area contributed by atoms with E-state index in [0.29, 0.717) is 12.3 Å². The van der Waals surface area contributed by atoms with E-state index in [0.717, 1.165) is 23.3 Å². The number of carboxylic acid groups (broad SMARTS) is 1. The summed E-state index contributed by atoms with van der Waals surface area (Å²) in [6, 6.07) is 5.71. The van der Waals surface area contributed by atoms with Gasteiger partial charge in [-0.1, -0.05) is 74.4 Å². The zero-order valence-corrected chi connectivity index (χ0v) is 22.6. The monoisotopic (exact) mass is 477 g/mol. The highest BCUT2D eigenvalue weighted by Gasteiger charge is 2.27. The third-order valence-corrected chi connectivity index (χ3v) is 6.58. The van der Waals surface area contributed by atoms with Crippen LogP contribution in [0.1, 0.15) is 86.3 Å². The molecule has 0 saturated heterocycles. The van der Waals surface area contributed by atoms with Gasteiger partial charge in [0.2, 0.25) is 0 Å². The molecule has 0 radical (unpaired) electrons. The third kappa shape index (κ3) is 9.38. The van der Waals surface area contributed by atoms with Crippen molar-refractivity contribution in [3.05, 3.63) is 29.3 Å². The van der Waals surface area contributed by atoms with E-state index in [9.17, 15) is 14.7 Å². The van der Waals surface area contributed by atoms with Crippen LogP contribution in [0.5, 0.6) is 5.75 Å². The number of rotatable bonds is 12. The Balaban J connectivity index is 3.06. The second-order valence-electron chi connectivity index (χ2n) is 12.2. The summed E-state index contributed by atoms with van der Waals surface area (Å²) in [6.07, 6.45) is 0.616. The number of ether oxygens (including phenoxy) is 1. The molecule has 0 bridgehead atoms. The standard InChI is InChI=1S/C28H47NO5/c1-17(2)20(15-22(29)23(30)12-18(3)26(32)33)13-19-10-11-21(27(4,5)6)24(14-19)34-16-25(31)28(7,8)9/h10-11,14,17-18,20,22-23,30H,12-13,15-16,29H2,1-9H3,(H,32,33). The average Bonchev–Trinajstić information content (AvgIpc) is 2.69. The number of aliphatic carboxylic acids is 1. The summed E-state index contributed by atoms with van der Waals surface area (Å²) in [4.78, 5) is 23.6. The number of nitrogens with two attached hydrogens (primary N) is 1. The van der Waals surface area contributed by atoms with Crippen molar-refractivity contribution < 1.29 is 24.5 Å². The Labute approximate surface area is 206 Å². The lowest BCUT2D eigenvalue weighted by molar-refractivity contribution is -0.142. The largest absolute Gasteiger partial charge is 0.486 e. The quantitative estimate of drug-likeness (QED) is 0.391. The zero-order chi connectivity index (χ0) is 26.4. The average molecular weight is 478 g/mol. The molecule has 0 aliphatic carbocycles. The number of hydrogen-bond acceptors (Lipinski definition) is 5. The molecule has 4 atom stereocenters. The number of aliphatic hydroxyl groups is 1. The van der Waals surface area contributed by atoms with Gasteiger partial charge in [-0.15, -0.1) is 0 Å². The summed E-state index contributed by atoms with van der Waals surface area (Å²) in [5, 5.41) is 19.6. The number of ketones is 1. The Hall–Kier alpha value is -1.92. The van der Waals surface area contributed by atoms with Crippen molar-refractivity contribution in [2.24, 2.45) is 28.9 Å². The Bertz CT molecular complexity index is 819. The van der Waals surface area contributed by atoms with Crippen LogP contribution in [0.4, 0.5) is 0 Å². The summed E-state index contributed by atoms with van der Waals surface area (Å²) in [6.45, 7) is 17.9. The van der Waals surface area contributed by atoms with Gasteiger partial charge in [0.05, 0.1) is 12.0 Å². The molecule has 0 amide bonds. The summed E-state index contributed by atoms with van der Waals surface area (Å²) in [5.41, 5.74) is 7.83. The molecule has 1 aromatic rings. The van der Waals surface area contributed by atoms with Gasteiger partial charge in [0, 0.05) is 11.5 Å². The minimum absolute atomic E-state index is 0.0302. The van der Waals surface area contributed by atoms with E-state index in [1.165, 1.54) is 0 Å². The van der Waals surface area contributed by atoms with Crippen LogP contribution in [0.15, 0.2) is 18.2 Å². The van der Waals surface area contributed by atoms with Gasteiger partial charge in [-0.05, 0) is 53.7 Å². The van der Waals surface area contributed by atoms with Gasteiger partial charge in [0.25, 0.3) is 0 Å². The zero-order valence-electron chi connectivity index (χ0n) is 22.6. The van der Waals surface area contributed by atoms with Gasteiger partial charge in [-0.25, -0.2) is 0 Å². The molecule has 1 aromatic carbocycles. The molecule has 0 saturated carbocycles. The van der Waals surface area contributed by atoms with Crippen molar-refractivity contribution >= 4 is 11.8 Å². The van der Waals surface area contributed by atoms with E-state index in [-0.39, 0.29) is 30.1 Å². The molecule has 6 nitrogen and oxygen atoms in total. The van der Waals surface area contributed by atoms with E-state index in [2.05, 4.69) is 46.8 Å². The van der Waals surface area contributed by atoms with Gasteiger partial charge >= 0.3 is 5.97 Å². The van der Waals surface area contributed by atoms with Crippen LogP contribution < -0.4 is 10.5 Å². The van der Waals surface area contributed by atoms with Crippen molar-refractivity contribution in [2.75, 3.05) is 6.61 Å². The smallest absolute Gasteiger partial charge is 0.306 e. The van der Waals surface area contributed by atoms with E-state index >= 15 is 0 Å². The van der Waals surface area contributed by atoms with Gasteiger partial charge < -0.3 is 20.7 Å². The van der Waals surface area contributed by atoms with Crippen LogP contribution in [0, 0.1) is 23.2 Å². The van der Waals surface area contributed by atoms with E-state index in [1.54, 1.807) is 6.92 Å². The Morgan fingerprint density at radius 1 is 1.03 bits per heavy atom. The first kappa shape index (κ1) is 30.1. The molecule has 194 valence electrons. The maximum Gasteiger partial charge on any atom is 0.306 e. The molecule has 0 fully saturated rings. The maximum absolute atomic E-state index is 12.5. The predicted molar refractivity (Wildman–Crippen MR) is 137 cm³/mol. The molecule has 1 rings (SSSR count). The van der Waals surface area contributed by atoms with Crippen LogP contribution in [0.3, 0.4) is 0 Å². The SMILES string of the molecule is CC(CC(O)C(N)CC(Cc1ccc(C(C)(C)C)c(OCC(=O)C(C)(C)C)c1)C(C)C)C(=O)O. The molecule has 6 heteroatoms. The normalized spacial score (nSPS) is 16.1. The molecule has 0 aromatic heterocycles. The van der Waals surface area contributed by atoms with E-state index in [1.807, 2.05) is 26.8 Å². The highest BCUT2D eigenvalue weighted by Crippen LogP contribution is 2.34. The van der Waals surface area contributed by atoms with Crippen LogP contribution in [0.2, 0.25) is 0 Å². The fraction of sp³-hybridized carbons (Fsp3) is 0.714. The lowest BCUT2D eigenvalue weighted by Gasteiger charge is -2.29. The van der Waals surface area contributed by atoms with Gasteiger partial charge in [0.1, 0.15) is 12.4 Å². The molecule has 0 heterocycles. The highest BCUT2D eigenvalue weighted by atomic mass is 16.5. The van der Waals surface area contributed by atoms with Gasteiger partial charge in [-0.3, -0.25) is 9.59 Å². The predicted octanol–water partition coefficient (Wildman–Crippen LogP) is 4.98. The minimum atomic E-state index is -0.928. The Morgan fingerprint density at radius 3 is 2.09 bits per heavy atom. The van der Waals surface area contributed by atoms with Crippen LogP contribution in [-0.4, -0.2) is 40.7 Å². The third-order valence-electron chi connectivity index (χ3n) is 6.58. The molecule has 0 spiro atoms. The number of carbonyl (C=O) groups excluding carboxylic acids is 1. The minimum Gasteiger partial charge on any atom is -0.486 e. The first-order valence-electron chi connectivity index (χ1n) is 12.4. The van der Waals surface area contributed by atoms with Crippen molar-refractivity contribution in [1.29, 1.82) is 0 Å². The summed E-state index contributed by atoms with van der Waals surface area (Å²) < 4.78 is 6.05. The first-order valence-corrected chi connectivity index (χ1v) is 12.4. The summed E-state index contributed by atoms with van der Waals surface area (Å²) in [7, 11) is 0. The summed E-state index contributed by atoms with van der Waals surface area (Å²) in [5.74, 6) is -0.265. The number of carboxylic acids is 1. The first-order chi connectivity index (χ1) is 15.4. The number of aliphatic hydroxyl groups excluding tert-OH is 1. The molecular weight excluding hydrogens is 430 g/mol.